The van der Waals surface area contributed by atoms with Crippen molar-refractivity contribution in [2.24, 2.45) is 0 Å². The van der Waals surface area contributed by atoms with Crippen LogP contribution >= 0.6 is 0 Å². The summed E-state index contributed by atoms with van der Waals surface area (Å²) in [7, 11) is 0. The average Bonchev–Trinajstić information content (AvgIpc) is 3.31. The zero-order valence-corrected chi connectivity index (χ0v) is 16.7. The van der Waals surface area contributed by atoms with Crippen molar-refractivity contribution in [2.75, 3.05) is 39.4 Å². The molecule has 3 rings (SSSR count). The van der Waals surface area contributed by atoms with Crippen LogP contribution in [-0.4, -0.2) is 62.0 Å². The molecule has 0 saturated carbocycles. The second kappa shape index (κ2) is 11.1. The highest BCUT2D eigenvalue weighted by Gasteiger charge is 2.14. The van der Waals surface area contributed by atoms with E-state index < -0.39 is 11.8 Å². The van der Waals surface area contributed by atoms with Crippen molar-refractivity contribution >= 4 is 17.7 Å². The van der Waals surface area contributed by atoms with Crippen molar-refractivity contribution in [1.29, 1.82) is 0 Å². The van der Waals surface area contributed by atoms with Crippen LogP contribution in [0.1, 0.15) is 21.7 Å². The summed E-state index contributed by atoms with van der Waals surface area (Å²) in [5, 5.41) is 7.72. The zero-order chi connectivity index (χ0) is 21.2. The topological polar surface area (TPSA) is 113 Å². The van der Waals surface area contributed by atoms with E-state index in [1.54, 1.807) is 6.07 Å². The second-order valence-electron chi connectivity index (χ2n) is 6.87. The van der Waals surface area contributed by atoms with Gasteiger partial charge in [0.15, 0.2) is 5.76 Å². The molecule has 3 amide bonds. The summed E-state index contributed by atoms with van der Waals surface area (Å²) in [4.78, 5) is 37.9. The largest absolute Gasteiger partial charge is 0.459 e. The number of amides is 3. The Hall–Kier alpha value is -3.17. The fourth-order valence-electron chi connectivity index (χ4n) is 3.04. The predicted octanol–water partition coefficient (Wildman–Crippen LogP) is 0.274. The molecule has 0 unspecified atom stereocenters. The monoisotopic (exact) mass is 414 g/mol. The van der Waals surface area contributed by atoms with E-state index in [0.29, 0.717) is 6.54 Å². The van der Waals surface area contributed by atoms with E-state index in [2.05, 4.69) is 26.9 Å². The molecule has 30 heavy (non-hydrogen) atoms. The van der Waals surface area contributed by atoms with Gasteiger partial charge in [0.25, 0.3) is 5.91 Å². The van der Waals surface area contributed by atoms with Gasteiger partial charge in [-0.15, -0.1) is 0 Å². The van der Waals surface area contributed by atoms with E-state index in [0.717, 1.165) is 44.0 Å². The van der Waals surface area contributed by atoms with Crippen molar-refractivity contribution < 1.29 is 23.5 Å². The van der Waals surface area contributed by atoms with E-state index in [1.165, 1.54) is 12.3 Å². The average molecular weight is 414 g/mol. The molecule has 1 aromatic heterocycles. The maximum atomic E-state index is 12.1. The molecule has 9 nitrogen and oxygen atoms in total. The van der Waals surface area contributed by atoms with Crippen LogP contribution in [-0.2, 0) is 27.4 Å². The van der Waals surface area contributed by atoms with E-state index in [4.69, 9.17) is 9.15 Å². The van der Waals surface area contributed by atoms with E-state index in [1.807, 2.05) is 18.2 Å². The Morgan fingerprint density at radius 1 is 0.867 bits per heavy atom. The minimum atomic E-state index is -0.489. The van der Waals surface area contributed by atoms with Crippen molar-refractivity contribution in [3.05, 3.63) is 59.5 Å². The number of morpholine rings is 1. The Balaban J connectivity index is 1.38. The van der Waals surface area contributed by atoms with Crippen molar-refractivity contribution in [1.82, 2.24) is 20.9 Å². The quantitative estimate of drug-likeness (QED) is 0.543. The van der Waals surface area contributed by atoms with Gasteiger partial charge in [0, 0.05) is 26.2 Å². The Labute approximate surface area is 174 Å². The van der Waals surface area contributed by atoms with Crippen molar-refractivity contribution in [3.63, 3.8) is 0 Å². The minimum absolute atomic E-state index is 0.122. The summed E-state index contributed by atoms with van der Waals surface area (Å²) in [6.45, 7) is 4.04. The first-order chi connectivity index (χ1) is 14.6. The van der Waals surface area contributed by atoms with Crippen LogP contribution in [0.3, 0.4) is 0 Å². The molecular weight excluding hydrogens is 388 g/mol. The Morgan fingerprint density at radius 3 is 2.30 bits per heavy atom. The molecular formula is C21H26N4O5. The van der Waals surface area contributed by atoms with Gasteiger partial charge in [-0.3, -0.25) is 19.3 Å². The molecule has 2 aromatic rings. The Morgan fingerprint density at radius 2 is 1.57 bits per heavy atom. The zero-order valence-electron chi connectivity index (χ0n) is 16.7. The molecule has 0 aliphatic carbocycles. The number of ether oxygens (including phenoxy) is 1. The first-order valence-corrected chi connectivity index (χ1v) is 9.84. The first-order valence-electron chi connectivity index (χ1n) is 9.84. The lowest BCUT2D eigenvalue weighted by molar-refractivity contribution is -0.125. The molecule has 160 valence electrons. The normalized spacial score (nSPS) is 14.1. The fourth-order valence-corrected chi connectivity index (χ4v) is 3.04. The number of benzene rings is 1. The Kier molecular flexibility index (Phi) is 7.99. The van der Waals surface area contributed by atoms with Gasteiger partial charge in [0.1, 0.15) is 0 Å². The lowest BCUT2D eigenvalue weighted by Gasteiger charge is -2.27. The number of hydrogen-bond donors (Lipinski definition) is 3. The van der Waals surface area contributed by atoms with Gasteiger partial charge in [-0.2, -0.15) is 0 Å². The molecule has 0 bridgehead atoms. The summed E-state index contributed by atoms with van der Waals surface area (Å²) in [6.07, 6.45) is 1.37. The second-order valence-corrected chi connectivity index (χ2v) is 6.87. The third-order valence-electron chi connectivity index (χ3n) is 4.69. The molecule has 3 N–H and O–H groups in total. The molecule has 1 fully saturated rings. The molecule has 0 radical (unpaired) electrons. The maximum absolute atomic E-state index is 12.1. The number of hydrogen-bond acceptors (Lipinski definition) is 6. The first kappa shape index (κ1) is 21.5. The van der Waals surface area contributed by atoms with Gasteiger partial charge in [0.05, 0.1) is 32.6 Å². The number of carbonyl (C=O) groups excluding carboxylic acids is 3. The van der Waals surface area contributed by atoms with Gasteiger partial charge >= 0.3 is 0 Å². The Bertz CT molecular complexity index is 847. The van der Waals surface area contributed by atoms with E-state index >= 15 is 0 Å². The smallest absolute Gasteiger partial charge is 0.287 e. The third-order valence-corrected chi connectivity index (χ3v) is 4.69. The highest BCUT2D eigenvalue weighted by atomic mass is 16.5. The predicted molar refractivity (Wildman–Crippen MR) is 108 cm³/mol. The van der Waals surface area contributed by atoms with Crippen LogP contribution in [0.25, 0.3) is 0 Å². The highest BCUT2D eigenvalue weighted by Crippen LogP contribution is 2.13. The van der Waals surface area contributed by atoms with Crippen molar-refractivity contribution in [3.8, 4) is 0 Å². The molecule has 9 heteroatoms. The summed E-state index contributed by atoms with van der Waals surface area (Å²) in [6, 6.07) is 11.0. The number of nitrogens with one attached hydrogen (secondary N) is 3. The molecule has 2 heterocycles. The van der Waals surface area contributed by atoms with Crippen LogP contribution in [0.4, 0.5) is 0 Å². The van der Waals surface area contributed by atoms with Gasteiger partial charge in [-0.1, -0.05) is 24.3 Å². The van der Waals surface area contributed by atoms with Crippen LogP contribution in [0.2, 0.25) is 0 Å². The summed E-state index contributed by atoms with van der Waals surface area (Å²) in [5.74, 6) is -1.13. The van der Waals surface area contributed by atoms with Crippen LogP contribution in [0.5, 0.6) is 0 Å². The molecule has 1 aliphatic heterocycles. The van der Waals surface area contributed by atoms with Gasteiger partial charge in [-0.25, -0.2) is 0 Å². The highest BCUT2D eigenvalue weighted by molar-refractivity contribution is 5.94. The summed E-state index contributed by atoms with van der Waals surface area (Å²) in [5.41, 5.74) is 2.19. The summed E-state index contributed by atoms with van der Waals surface area (Å²) >= 11 is 0. The molecule has 0 spiro atoms. The van der Waals surface area contributed by atoms with Crippen LogP contribution < -0.4 is 16.0 Å². The van der Waals surface area contributed by atoms with E-state index in [-0.39, 0.29) is 24.8 Å². The molecule has 1 saturated heterocycles. The summed E-state index contributed by atoms with van der Waals surface area (Å²) < 4.78 is 10.3. The maximum Gasteiger partial charge on any atom is 0.287 e. The SMILES string of the molecule is O=C(CNC(=O)CNC(=O)c1ccco1)NCc1ccccc1CN1CCOCC1. The fraction of sp³-hybridized carbons (Fsp3) is 0.381. The number of furan rings is 1. The standard InChI is InChI=1S/C21H26N4O5/c26-19(13-23-20(27)14-24-21(28)18-6-3-9-30-18)22-12-16-4-1-2-5-17(16)15-25-7-10-29-11-8-25/h1-6,9H,7-8,10-15H2,(H,22,26)(H,23,27)(H,24,28). The number of rotatable bonds is 9. The van der Waals surface area contributed by atoms with Crippen LogP contribution in [0.15, 0.2) is 47.1 Å². The molecule has 0 atom stereocenters. The van der Waals surface area contributed by atoms with Crippen molar-refractivity contribution in [2.45, 2.75) is 13.1 Å². The lowest BCUT2D eigenvalue weighted by atomic mass is 10.1. The van der Waals surface area contributed by atoms with Gasteiger partial charge in [-0.05, 0) is 23.3 Å². The third kappa shape index (κ3) is 6.71. The molecule has 1 aliphatic rings. The molecule has 1 aromatic carbocycles. The number of carbonyl (C=O) groups is 3. The minimum Gasteiger partial charge on any atom is -0.459 e. The van der Waals surface area contributed by atoms with Gasteiger partial charge in [0.2, 0.25) is 11.8 Å². The lowest BCUT2D eigenvalue weighted by Crippen LogP contribution is -2.41. The van der Waals surface area contributed by atoms with E-state index in [9.17, 15) is 14.4 Å². The van der Waals surface area contributed by atoms with Crippen LogP contribution in [0, 0.1) is 0 Å². The number of nitrogens with zero attached hydrogens (tertiary/aromatic N) is 1. The van der Waals surface area contributed by atoms with Gasteiger partial charge < -0.3 is 25.1 Å².